The molecule has 0 spiro atoms. The molecule has 9 rings (SSSR count). The van der Waals surface area contributed by atoms with Crippen molar-refractivity contribution >= 4 is 80.0 Å². The van der Waals surface area contributed by atoms with Crippen LogP contribution in [0.25, 0.3) is 0 Å². The van der Waals surface area contributed by atoms with Gasteiger partial charge in [0.2, 0.25) is 0 Å². The highest BCUT2D eigenvalue weighted by molar-refractivity contribution is 8.53. The Bertz CT molecular complexity index is 2620. The number of hydrogen-bond acceptors (Lipinski definition) is 2. The zero-order valence-corrected chi connectivity index (χ0v) is 38.0. The first-order valence-corrected chi connectivity index (χ1v) is 27.4. The van der Waals surface area contributed by atoms with E-state index in [0.717, 1.165) is 74.2 Å². The Hall–Kier alpha value is -5.18. The van der Waals surface area contributed by atoms with E-state index in [1.54, 1.807) is 0 Å². The molecule has 296 valence electrons. The highest BCUT2D eigenvalue weighted by Crippen LogP contribution is 2.88. The second-order valence-electron chi connectivity index (χ2n) is 15.8. The Morgan fingerprint density at radius 3 is 0.633 bits per heavy atom. The molecule has 8 aromatic rings. The summed E-state index contributed by atoms with van der Waals surface area (Å²) < 4.78 is 38.2. The number of hydrogen-bond donors (Lipinski definition) is 0. The van der Waals surface area contributed by atoms with Gasteiger partial charge < -0.3 is 9.13 Å². The predicted octanol–water partition coefficient (Wildman–Crippen LogP) is 10.8. The monoisotopic (exact) mass is 852 g/mol. The molecule has 0 amide bonds. The van der Waals surface area contributed by atoms with E-state index in [0.29, 0.717) is 0 Å². The molecule has 1 aliphatic heterocycles. The predicted molar refractivity (Wildman–Crippen MR) is 267 cm³/mol. The first-order chi connectivity index (χ1) is 29.1. The van der Waals surface area contributed by atoms with Crippen molar-refractivity contribution in [3.63, 3.8) is 0 Å². The van der Waals surface area contributed by atoms with Crippen molar-refractivity contribution < 1.29 is 9.13 Å². The summed E-state index contributed by atoms with van der Waals surface area (Å²) in [6, 6.07) is 76.3. The lowest BCUT2D eigenvalue weighted by Crippen LogP contribution is -2.47. The van der Waals surface area contributed by atoms with Crippen LogP contribution in [0.2, 0.25) is 0 Å². The van der Waals surface area contributed by atoms with E-state index in [-0.39, 0.29) is 0 Å². The summed E-state index contributed by atoms with van der Waals surface area (Å²) >= 11 is 0. The van der Waals surface area contributed by atoms with E-state index in [2.05, 4.69) is 246 Å². The average Bonchev–Trinajstić information content (AvgIpc) is 3.28. The molecule has 2 nitrogen and oxygen atoms in total. The Morgan fingerprint density at radius 1 is 0.267 bits per heavy atom. The molecule has 0 saturated carbocycles. The van der Waals surface area contributed by atoms with Crippen molar-refractivity contribution in [2.24, 2.45) is 0 Å². The van der Waals surface area contributed by atoms with Crippen LogP contribution in [0.1, 0.15) is 22.3 Å². The van der Waals surface area contributed by atoms with Gasteiger partial charge in [0.25, 0.3) is 0 Å². The van der Waals surface area contributed by atoms with Gasteiger partial charge in [0.15, 0.2) is 14.3 Å². The van der Waals surface area contributed by atoms with Crippen LogP contribution in [0.5, 0.6) is 0 Å². The van der Waals surface area contributed by atoms with Crippen LogP contribution >= 0.6 is 28.1 Å². The minimum atomic E-state index is -3.81. The lowest BCUT2D eigenvalue weighted by molar-refractivity contribution is 0.593. The van der Waals surface area contributed by atoms with Gasteiger partial charge in [-0.05, 0) is 62.7 Å². The second-order valence-corrected chi connectivity index (χ2v) is 29.9. The van der Waals surface area contributed by atoms with Crippen molar-refractivity contribution in [3.05, 3.63) is 241 Å². The maximum Gasteiger partial charge on any atom is 0.173 e. The van der Waals surface area contributed by atoms with E-state index in [9.17, 15) is 0 Å². The van der Waals surface area contributed by atoms with Crippen molar-refractivity contribution in [1.29, 1.82) is 0 Å². The molecule has 0 aliphatic carbocycles. The third-order valence-electron chi connectivity index (χ3n) is 11.9. The summed E-state index contributed by atoms with van der Waals surface area (Å²) in [6.07, 6.45) is 0. The standard InChI is InChI=1S/C54H48O2P4/c1-41-25-33-49(34-26-41)59(55,50-35-27-42(2)28-36-50)53-57(45-17-9-5-10-18-45,46-19-11-6-12-20-46)54(58(53,47-21-13-7-14-22-47)48-23-15-8-16-24-48)60(56,51-37-29-43(3)30-38-51)52-39-31-44(4)32-40-52/h5-40H,1-4H3. The van der Waals surface area contributed by atoms with Gasteiger partial charge >= 0.3 is 0 Å². The quantitative estimate of drug-likeness (QED) is 0.128. The Kier molecular flexibility index (Phi) is 10.7. The van der Waals surface area contributed by atoms with Gasteiger partial charge in [0, 0.05) is 30.8 Å². The van der Waals surface area contributed by atoms with Crippen LogP contribution in [0.4, 0.5) is 0 Å². The van der Waals surface area contributed by atoms with Gasteiger partial charge in [-0.15, -0.1) is 0 Å². The zero-order chi connectivity index (χ0) is 41.5. The maximum absolute atomic E-state index is 18.1. The van der Waals surface area contributed by atoms with Gasteiger partial charge in [-0.25, -0.2) is 0 Å². The zero-order valence-electron chi connectivity index (χ0n) is 34.4. The molecule has 0 saturated heterocycles. The lowest BCUT2D eigenvalue weighted by atomic mass is 10.2. The minimum Gasteiger partial charge on any atom is -0.309 e. The highest BCUT2D eigenvalue weighted by Gasteiger charge is 2.63. The molecule has 0 bridgehead atoms. The summed E-state index contributed by atoms with van der Waals surface area (Å²) in [4.78, 5) is 0. The first kappa shape index (κ1) is 40.2. The molecular formula is C54H48O2P4. The minimum absolute atomic E-state index is 0.791. The number of benzene rings is 8. The van der Waals surface area contributed by atoms with E-state index < -0.39 is 28.1 Å². The van der Waals surface area contributed by atoms with Gasteiger partial charge in [-0.3, -0.25) is 0 Å². The van der Waals surface area contributed by atoms with Gasteiger partial charge in [0.1, 0.15) is 0 Å². The summed E-state index contributed by atoms with van der Waals surface area (Å²) in [5.41, 5.74) is 4.40. The van der Waals surface area contributed by atoms with Crippen LogP contribution in [0.3, 0.4) is 0 Å². The summed E-state index contributed by atoms with van der Waals surface area (Å²) in [5, 5.41) is 7.39. The Balaban J connectivity index is 1.67. The molecule has 1 aliphatic rings. The van der Waals surface area contributed by atoms with E-state index in [1.165, 1.54) is 0 Å². The fraction of sp³-hybridized carbons (Fsp3) is 0.0741. The molecular weight excluding hydrogens is 804 g/mol. The SMILES string of the molecule is Cc1ccc(P(=O)(C2=P(c3ccccc3)(c3ccccc3)C(P(=O)(c3ccc(C)cc3)c3ccc(C)cc3)=P2(c2ccccc2)c2ccccc2)c2ccc(C)cc2)cc1. The number of aryl methyl sites for hydroxylation is 4. The van der Waals surface area contributed by atoms with Crippen molar-refractivity contribution in [3.8, 4) is 0 Å². The molecule has 0 unspecified atom stereocenters. The second kappa shape index (κ2) is 16.0. The third kappa shape index (κ3) is 6.24. The molecule has 6 heteroatoms. The van der Waals surface area contributed by atoms with E-state index >= 15 is 9.13 Å². The fourth-order valence-corrected chi connectivity index (χ4v) is 39.9. The normalized spacial score (nSPS) is 14.7. The molecule has 60 heavy (non-hydrogen) atoms. The molecule has 0 atom stereocenters. The van der Waals surface area contributed by atoms with Crippen LogP contribution in [-0.2, 0) is 9.13 Å². The van der Waals surface area contributed by atoms with Gasteiger partial charge in [-0.2, -0.15) is 0 Å². The largest absolute Gasteiger partial charge is 0.309 e. The third-order valence-corrected chi connectivity index (χ3v) is 34.4. The van der Waals surface area contributed by atoms with E-state index in [1.807, 2.05) is 0 Å². The first-order valence-electron chi connectivity index (χ1n) is 20.4. The van der Waals surface area contributed by atoms with Crippen LogP contribution in [0, 0.1) is 27.7 Å². The van der Waals surface area contributed by atoms with Crippen molar-refractivity contribution in [1.82, 2.24) is 0 Å². The van der Waals surface area contributed by atoms with Gasteiger partial charge in [-0.1, -0.05) is 241 Å². The van der Waals surface area contributed by atoms with Crippen LogP contribution < -0.4 is 42.4 Å². The molecule has 0 aromatic heterocycles. The smallest absolute Gasteiger partial charge is 0.173 e. The van der Waals surface area contributed by atoms with Crippen LogP contribution in [0.15, 0.2) is 218 Å². The molecule has 0 radical (unpaired) electrons. The van der Waals surface area contributed by atoms with Crippen molar-refractivity contribution in [2.75, 3.05) is 0 Å². The molecule has 0 N–H and O–H groups in total. The topological polar surface area (TPSA) is 34.1 Å². The summed E-state index contributed by atoms with van der Waals surface area (Å²) in [6.45, 7) is 1.84. The highest BCUT2D eigenvalue weighted by atomic mass is 31.3. The van der Waals surface area contributed by atoms with Gasteiger partial charge in [0.05, 0.1) is 0 Å². The fourth-order valence-electron chi connectivity index (χ4n) is 9.04. The number of rotatable bonds is 10. The average molecular weight is 853 g/mol. The van der Waals surface area contributed by atoms with Crippen molar-refractivity contribution in [2.45, 2.75) is 27.7 Å². The molecule has 1 heterocycles. The Morgan fingerprint density at radius 2 is 0.450 bits per heavy atom. The summed E-state index contributed by atoms with van der Waals surface area (Å²) in [7, 11) is -7.61. The summed E-state index contributed by atoms with van der Waals surface area (Å²) in [5.74, 6) is 0. The van der Waals surface area contributed by atoms with Crippen LogP contribution in [-0.4, -0.2) is 9.55 Å². The lowest BCUT2D eigenvalue weighted by Gasteiger charge is -2.56. The molecule has 8 aromatic carbocycles. The maximum atomic E-state index is 18.1. The Labute approximate surface area is 355 Å². The van der Waals surface area contributed by atoms with E-state index in [4.69, 9.17) is 0 Å². The molecule has 0 fully saturated rings.